The smallest absolute Gasteiger partial charge is 0.326 e. The monoisotopic (exact) mass is 651 g/mol. The number of nitrogens with zero attached hydrogens (tertiary/aromatic N) is 2. The van der Waals surface area contributed by atoms with Gasteiger partial charge in [-0.2, -0.15) is 0 Å². The molecule has 2 aliphatic rings. The minimum absolute atomic E-state index is 0.0712. The lowest BCUT2D eigenvalue weighted by atomic mass is 9.99. The number of amides is 6. The Morgan fingerprint density at radius 2 is 1.28 bits per heavy atom. The third kappa shape index (κ3) is 10.4. The highest BCUT2D eigenvalue weighted by molar-refractivity contribution is 5.97. The minimum atomic E-state index is -1.35. The zero-order chi connectivity index (χ0) is 34.9. The molecule has 2 fully saturated rings. The van der Waals surface area contributed by atoms with E-state index in [9.17, 15) is 38.7 Å². The molecular formula is C31H53N7O8. The first-order valence-corrected chi connectivity index (χ1v) is 16.2. The van der Waals surface area contributed by atoms with Crippen LogP contribution < -0.4 is 27.4 Å². The highest BCUT2D eigenvalue weighted by Crippen LogP contribution is 2.24. The maximum absolute atomic E-state index is 13.8. The van der Waals surface area contributed by atoms with Gasteiger partial charge in [-0.25, -0.2) is 4.79 Å². The van der Waals surface area contributed by atoms with E-state index in [0.29, 0.717) is 38.6 Å². The molecule has 1 unspecified atom stereocenters. The van der Waals surface area contributed by atoms with Gasteiger partial charge in [-0.05, 0) is 56.3 Å². The lowest BCUT2D eigenvalue weighted by Gasteiger charge is -2.33. The van der Waals surface area contributed by atoms with Gasteiger partial charge in [0, 0.05) is 19.5 Å². The molecule has 2 heterocycles. The molecule has 6 atom stereocenters. The van der Waals surface area contributed by atoms with Crippen LogP contribution in [0.4, 0.5) is 0 Å². The van der Waals surface area contributed by atoms with E-state index in [1.807, 2.05) is 27.7 Å². The zero-order valence-electron chi connectivity index (χ0n) is 27.9. The van der Waals surface area contributed by atoms with Gasteiger partial charge < -0.3 is 42.3 Å². The van der Waals surface area contributed by atoms with Crippen molar-refractivity contribution in [2.75, 3.05) is 13.1 Å². The highest BCUT2D eigenvalue weighted by atomic mass is 16.4. The van der Waals surface area contributed by atoms with E-state index in [2.05, 4.69) is 16.0 Å². The summed E-state index contributed by atoms with van der Waals surface area (Å²) in [6.45, 7) is 11.5. The third-order valence-corrected chi connectivity index (χ3v) is 8.54. The molecule has 0 aromatic heterocycles. The molecular weight excluding hydrogens is 598 g/mol. The van der Waals surface area contributed by atoms with Gasteiger partial charge in [0.25, 0.3) is 0 Å². The molecule has 260 valence electrons. The van der Waals surface area contributed by atoms with Gasteiger partial charge in [-0.1, -0.05) is 41.5 Å². The summed E-state index contributed by atoms with van der Waals surface area (Å²) in [5.74, 6) is -4.96. The van der Waals surface area contributed by atoms with Gasteiger partial charge in [0.1, 0.15) is 30.2 Å². The fourth-order valence-electron chi connectivity index (χ4n) is 5.82. The molecule has 0 radical (unpaired) electrons. The number of hydrogen-bond donors (Lipinski definition) is 6. The fourth-order valence-corrected chi connectivity index (χ4v) is 5.82. The molecule has 0 bridgehead atoms. The molecule has 15 heteroatoms. The summed E-state index contributed by atoms with van der Waals surface area (Å²) < 4.78 is 0. The number of carboxylic acids is 1. The quantitative estimate of drug-likeness (QED) is 0.126. The van der Waals surface area contributed by atoms with Crippen molar-refractivity contribution in [2.45, 2.75) is 123 Å². The molecule has 0 aromatic carbocycles. The molecule has 6 amide bonds. The van der Waals surface area contributed by atoms with Crippen LogP contribution in [0.3, 0.4) is 0 Å². The van der Waals surface area contributed by atoms with E-state index >= 15 is 0 Å². The van der Waals surface area contributed by atoms with Crippen LogP contribution in [-0.2, 0) is 33.6 Å². The van der Waals surface area contributed by atoms with Gasteiger partial charge >= 0.3 is 5.97 Å². The standard InChI is InChI=1S/C31H53N7O8/c1-16(2)15-20(35-28(42)24(33)17(3)4)29(43)37-13-7-10-22(37)27(41)36-25(18(5)6)30(44)38-14-8-9-21(38)26(40)34-19(31(45)46)11-12-23(32)39/h16-22,24-25H,7-15,33H2,1-6H3,(H2,32,39)(H,34,40)(H,35,42)(H,36,41)(H,45,46)/t19-,20-,21?,22-,24-,25-/m0/s1. The summed E-state index contributed by atoms with van der Waals surface area (Å²) in [6.07, 6.45) is 1.67. The molecule has 0 saturated carbocycles. The summed E-state index contributed by atoms with van der Waals surface area (Å²) in [5.41, 5.74) is 11.1. The van der Waals surface area contributed by atoms with Gasteiger partial charge in [-0.15, -0.1) is 0 Å². The lowest BCUT2D eigenvalue weighted by molar-refractivity contribution is -0.146. The summed E-state index contributed by atoms with van der Waals surface area (Å²) in [6, 6.07) is -5.84. The van der Waals surface area contributed by atoms with Crippen molar-refractivity contribution >= 4 is 41.4 Å². The Hall–Kier alpha value is -3.75. The first-order chi connectivity index (χ1) is 21.5. The summed E-state index contributed by atoms with van der Waals surface area (Å²) >= 11 is 0. The second-order valence-corrected chi connectivity index (χ2v) is 13.5. The van der Waals surface area contributed by atoms with Crippen molar-refractivity contribution in [3.05, 3.63) is 0 Å². The number of nitrogens with one attached hydrogen (secondary N) is 3. The number of nitrogens with two attached hydrogens (primary N) is 2. The molecule has 0 aliphatic carbocycles. The number of carbonyl (C=O) groups is 7. The normalized spacial score (nSPS) is 20.7. The van der Waals surface area contributed by atoms with Gasteiger partial charge in [-0.3, -0.25) is 28.8 Å². The second-order valence-electron chi connectivity index (χ2n) is 13.5. The summed E-state index contributed by atoms with van der Waals surface area (Å²) in [4.78, 5) is 92.6. The van der Waals surface area contributed by atoms with Crippen LogP contribution in [0.2, 0.25) is 0 Å². The molecule has 0 aromatic rings. The van der Waals surface area contributed by atoms with Crippen molar-refractivity contribution in [3.8, 4) is 0 Å². The third-order valence-electron chi connectivity index (χ3n) is 8.54. The lowest BCUT2D eigenvalue weighted by Crippen LogP contribution is -2.60. The Balaban J connectivity index is 2.18. The number of likely N-dealkylation sites (tertiary alicyclic amines) is 2. The topological polar surface area (TPSA) is 234 Å². The second kappa shape index (κ2) is 17.2. The Morgan fingerprint density at radius 1 is 0.761 bits per heavy atom. The van der Waals surface area contributed by atoms with Gasteiger partial charge in [0.15, 0.2) is 0 Å². The van der Waals surface area contributed by atoms with E-state index in [-0.39, 0.29) is 43.0 Å². The van der Waals surface area contributed by atoms with E-state index in [4.69, 9.17) is 11.5 Å². The van der Waals surface area contributed by atoms with Crippen LogP contribution in [0.5, 0.6) is 0 Å². The van der Waals surface area contributed by atoms with Gasteiger partial charge in [0.05, 0.1) is 6.04 Å². The van der Waals surface area contributed by atoms with E-state index in [1.165, 1.54) is 9.80 Å². The van der Waals surface area contributed by atoms with Crippen LogP contribution in [0.15, 0.2) is 0 Å². The number of carboxylic acid groups (broad SMARTS) is 1. The van der Waals surface area contributed by atoms with Crippen molar-refractivity contribution < 1.29 is 38.7 Å². The van der Waals surface area contributed by atoms with Crippen molar-refractivity contribution in [2.24, 2.45) is 29.2 Å². The Labute approximate surface area is 270 Å². The number of aliphatic carboxylic acids is 1. The molecule has 2 aliphatic heterocycles. The molecule has 46 heavy (non-hydrogen) atoms. The summed E-state index contributed by atoms with van der Waals surface area (Å²) in [7, 11) is 0. The highest BCUT2D eigenvalue weighted by Gasteiger charge is 2.43. The first-order valence-electron chi connectivity index (χ1n) is 16.2. The summed E-state index contributed by atoms with van der Waals surface area (Å²) in [5, 5.41) is 17.5. The van der Waals surface area contributed by atoms with Crippen molar-refractivity contribution in [1.29, 1.82) is 0 Å². The number of primary amides is 1. The van der Waals surface area contributed by atoms with Crippen LogP contribution in [0.25, 0.3) is 0 Å². The average molecular weight is 652 g/mol. The maximum atomic E-state index is 13.8. The van der Waals surface area contributed by atoms with E-state index < -0.39 is 71.8 Å². The Morgan fingerprint density at radius 3 is 1.74 bits per heavy atom. The van der Waals surface area contributed by atoms with Crippen LogP contribution in [0, 0.1) is 17.8 Å². The number of hydrogen-bond acceptors (Lipinski definition) is 8. The predicted molar refractivity (Wildman–Crippen MR) is 168 cm³/mol. The predicted octanol–water partition coefficient (Wildman–Crippen LogP) is -0.542. The fraction of sp³-hybridized carbons (Fsp3) is 0.774. The Kier molecular flexibility index (Phi) is 14.4. The van der Waals surface area contributed by atoms with Crippen LogP contribution in [0.1, 0.15) is 86.5 Å². The van der Waals surface area contributed by atoms with Crippen molar-refractivity contribution in [1.82, 2.24) is 25.8 Å². The molecule has 8 N–H and O–H groups in total. The molecule has 0 spiro atoms. The minimum Gasteiger partial charge on any atom is -0.480 e. The first kappa shape index (κ1) is 38.4. The van der Waals surface area contributed by atoms with Crippen molar-refractivity contribution in [3.63, 3.8) is 0 Å². The average Bonchev–Trinajstić information content (AvgIpc) is 3.66. The van der Waals surface area contributed by atoms with E-state index in [0.717, 1.165) is 0 Å². The van der Waals surface area contributed by atoms with Gasteiger partial charge in [0.2, 0.25) is 35.4 Å². The van der Waals surface area contributed by atoms with Crippen LogP contribution in [-0.4, -0.2) is 106 Å². The number of rotatable bonds is 16. The van der Waals surface area contributed by atoms with E-state index in [1.54, 1.807) is 13.8 Å². The SMILES string of the molecule is CC(C)C[C@H](NC(=O)[C@@H](N)C(C)C)C(=O)N1CCC[C@H]1C(=O)N[C@H](C(=O)N1CCCC1C(=O)N[C@@H](CCC(N)=O)C(=O)O)C(C)C. The number of carbonyl (C=O) groups excluding carboxylic acids is 6. The molecule has 2 rings (SSSR count). The zero-order valence-corrected chi connectivity index (χ0v) is 27.9. The molecule has 15 nitrogen and oxygen atoms in total. The Bertz CT molecular complexity index is 1140. The maximum Gasteiger partial charge on any atom is 0.326 e. The van der Waals surface area contributed by atoms with Crippen LogP contribution >= 0.6 is 0 Å². The molecule has 2 saturated heterocycles. The largest absolute Gasteiger partial charge is 0.480 e.